The molecular formula is C23H35N5O2. The molecule has 30 heavy (non-hydrogen) atoms. The van der Waals surface area contributed by atoms with Crippen LogP contribution in [0.5, 0.6) is 0 Å². The molecule has 0 radical (unpaired) electrons. The second-order valence-corrected chi connectivity index (χ2v) is 9.18. The van der Waals surface area contributed by atoms with Gasteiger partial charge in [-0.1, -0.05) is 12.2 Å². The van der Waals surface area contributed by atoms with Crippen LogP contribution in [0.3, 0.4) is 0 Å². The molecular weight excluding hydrogens is 378 g/mol. The molecule has 0 saturated carbocycles. The van der Waals surface area contributed by atoms with Crippen LogP contribution in [0.25, 0.3) is 0 Å². The van der Waals surface area contributed by atoms with Crippen molar-refractivity contribution in [3.8, 4) is 0 Å². The Balaban J connectivity index is 1.68. The van der Waals surface area contributed by atoms with E-state index in [1.54, 1.807) is 12.4 Å². The summed E-state index contributed by atoms with van der Waals surface area (Å²) in [6.07, 6.45) is 8.73. The quantitative estimate of drug-likeness (QED) is 0.637. The van der Waals surface area contributed by atoms with E-state index in [2.05, 4.69) is 40.3 Å². The number of piperidine rings is 1. The predicted molar refractivity (Wildman–Crippen MR) is 119 cm³/mol. The number of likely N-dealkylation sites (tertiary alicyclic amines) is 1. The number of hydrogen-bond donors (Lipinski definition) is 2. The van der Waals surface area contributed by atoms with E-state index in [9.17, 15) is 9.90 Å². The average Bonchev–Trinajstić information content (AvgIpc) is 3.00. The summed E-state index contributed by atoms with van der Waals surface area (Å²) in [7, 11) is 0. The van der Waals surface area contributed by atoms with Crippen molar-refractivity contribution in [2.45, 2.75) is 57.7 Å². The smallest absolute Gasteiger partial charge is 0.226 e. The van der Waals surface area contributed by atoms with Gasteiger partial charge in [-0.3, -0.25) is 14.7 Å². The molecule has 0 bridgehead atoms. The molecule has 3 rings (SSSR count). The molecule has 1 aromatic heterocycles. The van der Waals surface area contributed by atoms with Crippen LogP contribution in [0.2, 0.25) is 0 Å². The Labute approximate surface area is 179 Å². The minimum atomic E-state index is -0.781. The third kappa shape index (κ3) is 4.27. The summed E-state index contributed by atoms with van der Waals surface area (Å²) in [6.45, 7) is 16.5. The van der Waals surface area contributed by atoms with E-state index in [1.807, 2.05) is 30.9 Å². The minimum absolute atomic E-state index is 0.193. The van der Waals surface area contributed by atoms with Crippen LogP contribution in [0, 0.1) is 5.41 Å². The molecule has 2 N–H and O–H groups in total. The van der Waals surface area contributed by atoms with E-state index < -0.39 is 11.6 Å². The maximum absolute atomic E-state index is 12.4. The van der Waals surface area contributed by atoms with Gasteiger partial charge in [0.1, 0.15) is 11.9 Å². The summed E-state index contributed by atoms with van der Waals surface area (Å²) >= 11 is 0. The molecule has 2 unspecified atom stereocenters. The van der Waals surface area contributed by atoms with Crippen molar-refractivity contribution in [3.05, 3.63) is 43.4 Å². The number of nitrogens with one attached hydrogen (secondary N) is 1. The molecule has 164 valence electrons. The van der Waals surface area contributed by atoms with Crippen LogP contribution in [0.15, 0.2) is 37.7 Å². The van der Waals surface area contributed by atoms with Crippen LogP contribution < -0.4 is 10.2 Å². The zero-order chi connectivity index (χ0) is 21.9. The zero-order valence-electron chi connectivity index (χ0n) is 18.5. The third-order valence-corrected chi connectivity index (χ3v) is 6.72. The maximum atomic E-state index is 12.4. The van der Waals surface area contributed by atoms with Crippen molar-refractivity contribution in [2.24, 2.45) is 5.41 Å². The summed E-state index contributed by atoms with van der Waals surface area (Å²) in [5.41, 5.74) is -0.202. The summed E-state index contributed by atoms with van der Waals surface area (Å²) < 4.78 is 0. The number of rotatable bonds is 8. The van der Waals surface area contributed by atoms with Crippen molar-refractivity contribution in [1.82, 2.24) is 20.2 Å². The number of aliphatic hydroxyl groups is 1. The molecule has 1 spiro atoms. The topological polar surface area (TPSA) is 81.6 Å². The van der Waals surface area contributed by atoms with E-state index in [4.69, 9.17) is 0 Å². The van der Waals surface area contributed by atoms with Gasteiger partial charge in [-0.25, -0.2) is 4.98 Å². The maximum Gasteiger partial charge on any atom is 0.226 e. The Morgan fingerprint density at radius 2 is 1.93 bits per heavy atom. The first kappa shape index (κ1) is 22.4. The van der Waals surface area contributed by atoms with Gasteiger partial charge < -0.3 is 15.3 Å². The van der Waals surface area contributed by atoms with Crippen LogP contribution >= 0.6 is 0 Å². The summed E-state index contributed by atoms with van der Waals surface area (Å²) in [6, 6.07) is 0.248. The van der Waals surface area contributed by atoms with Gasteiger partial charge in [0.25, 0.3) is 0 Å². The SMILES string of the molecule is C=CCN(CC=C)c1cnc(C(O)C(C)(C)N2CCC3(CC2)CC(C)NC3=O)cn1. The summed E-state index contributed by atoms with van der Waals surface area (Å²) in [4.78, 5) is 25.7. The number of carbonyl (C=O) groups is 1. The molecule has 3 heterocycles. The first-order valence-electron chi connectivity index (χ1n) is 10.8. The molecule has 2 fully saturated rings. The molecule has 2 atom stereocenters. The monoisotopic (exact) mass is 413 g/mol. The highest BCUT2D eigenvalue weighted by Gasteiger charge is 2.49. The molecule has 0 aromatic carbocycles. The van der Waals surface area contributed by atoms with Crippen molar-refractivity contribution in [2.75, 3.05) is 31.1 Å². The molecule has 2 saturated heterocycles. The number of carbonyl (C=O) groups excluding carboxylic acids is 1. The van der Waals surface area contributed by atoms with E-state index in [-0.39, 0.29) is 17.4 Å². The molecule has 7 nitrogen and oxygen atoms in total. The van der Waals surface area contributed by atoms with Crippen molar-refractivity contribution in [1.29, 1.82) is 0 Å². The number of nitrogens with zero attached hydrogens (tertiary/aromatic N) is 4. The second kappa shape index (κ2) is 8.86. The standard InChI is InChI=1S/C23H35N5O2/c1-6-10-27(11-7-2)19-16-24-18(15-25-19)20(29)22(4,5)28-12-8-23(9-13-28)14-17(3)26-21(23)30/h6-7,15-17,20,29H,1-2,8-14H2,3-5H3,(H,26,30). The predicted octanol–water partition coefficient (Wildman–Crippen LogP) is 2.46. The lowest BCUT2D eigenvalue weighted by molar-refractivity contribution is -0.132. The first-order valence-corrected chi connectivity index (χ1v) is 10.8. The average molecular weight is 414 g/mol. The Bertz CT molecular complexity index is 758. The Morgan fingerprint density at radius 3 is 2.40 bits per heavy atom. The highest BCUT2D eigenvalue weighted by molar-refractivity contribution is 5.85. The first-order chi connectivity index (χ1) is 14.2. The van der Waals surface area contributed by atoms with E-state index in [1.165, 1.54) is 0 Å². The normalized spacial score (nSPS) is 22.5. The number of hydrogen-bond acceptors (Lipinski definition) is 6. The van der Waals surface area contributed by atoms with Gasteiger partial charge in [0, 0.05) is 24.7 Å². The highest BCUT2D eigenvalue weighted by Crippen LogP contribution is 2.43. The van der Waals surface area contributed by atoms with Gasteiger partial charge in [-0.15, -0.1) is 13.2 Å². The Hall–Kier alpha value is -2.25. The van der Waals surface area contributed by atoms with E-state index >= 15 is 0 Å². The molecule has 2 aliphatic rings. The van der Waals surface area contributed by atoms with Gasteiger partial charge in [0.15, 0.2) is 0 Å². The molecule has 0 aliphatic carbocycles. The van der Waals surface area contributed by atoms with Gasteiger partial charge in [-0.2, -0.15) is 0 Å². The minimum Gasteiger partial charge on any atom is -0.385 e. The fourth-order valence-electron chi connectivity index (χ4n) is 4.79. The molecule has 2 aliphatic heterocycles. The lowest BCUT2D eigenvalue weighted by Gasteiger charge is -2.47. The highest BCUT2D eigenvalue weighted by atomic mass is 16.3. The Kier molecular flexibility index (Phi) is 6.62. The molecule has 7 heteroatoms. The van der Waals surface area contributed by atoms with Gasteiger partial charge in [-0.05, 0) is 53.1 Å². The van der Waals surface area contributed by atoms with Crippen molar-refractivity contribution >= 4 is 11.7 Å². The number of aliphatic hydroxyl groups excluding tert-OH is 1. The van der Waals surface area contributed by atoms with Gasteiger partial charge >= 0.3 is 0 Å². The van der Waals surface area contributed by atoms with Gasteiger partial charge in [0.05, 0.1) is 23.5 Å². The largest absolute Gasteiger partial charge is 0.385 e. The lowest BCUT2D eigenvalue weighted by atomic mass is 9.74. The fraction of sp³-hybridized carbons (Fsp3) is 0.609. The van der Waals surface area contributed by atoms with Crippen molar-refractivity contribution < 1.29 is 9.90 Å². The Morgan fingerprint density at radius 1 is 1.30 bits per heavy atom. The molecule has 1 amide bonds. The van der Waals surface area contributed by atoms with E-state index in [0.717, 1.165) is 38.2 Å². The van der Waals surface area contributed by atoms with Crippen LogP contribution in [0.4, 0.5) is 5.82 Å². The number of amides is 1. The molecule has 1 aromatic rings. The van der Waals surface area contributed by atoms with Crippen molar-refractivity contribution in [3.63, 3.8) is 0 Å². The second-order valence-electron chi connectivity index (χ2n) is 9.18. The third-order valence-electron chi connectivity index (χ3n) is 6.72. The zero-order valence-corrected chi connectivity index (χ0v) is 18.5. The van der Waals surface area contributed by atoms with Crippen LogP contribution in [-0.4, -0.2) is 63.6 Å². The van der Waals surface area contributed by atoms with Crippen LogP contribution in [-0.2, 0) is 4.79 Å². The van der Waals surface area contributed by atoms with Gasteiger partial charge in [0.2, 0.25) is 5.91 Å². The number of anilines is 1. The summed E-state index contributed by atoms with van der Waals surface area (Å²) in [5, 5.41) is 14.2. The number of aromatic nitrogens is 2. The van der Waals surface area contributed by atoms with E-state index in [0.29, 0.717) is 18.8 Å². The fourth-order valence-corrected chi connectivity index (χ4v) is 4.79. The van der Waals surface area contributed by atoms with Crippen LogP contribution in [0.1, 0.15) is 51.8 Å². The summed E-state index contributed by atoms with van der Waals surface area (Å²) in [5.74, 6) is 0.919. The lowest BCUT2D eigenvalue weighted by Crippen LogP contribution is -2.54.